The second kappa shape index (κ2) is 13.5. The maximum Gasteiger partial charge on any atom is 0.137 e. The largest absolute Gasteiger partial charge is 0.457 e. The number of hydrogen-bond donors (Lipinski definition) is 0. The molecule has 4 aromatic carbocycles. The number of ether oxygens (including phenoxy) is 1. The summed E-state index contributed by atoms with van der Waals surface area (Å²) in [4.78, 5) is 4.81. The number of rotatable bonds is 11. The molecule has 0 amide bonds. The number of aromatic nitrogens is 4. The van der Waals surface area contributed by atoms with Gasteiger partial charge in [-0.05, 0) is 111 Å². The van der Waals surface area contributed by atoms with Crippen LogP contribution in [0.5, 0.6) is 11.5 Å². The smallest absolute Gasteiger partial charge is 0.137 e. The van der Waals surface area contributed by atoms with Gasteiger partial charge in [0.1, 0.15) is 17.3 Å². The van der Waals surface area contributed by atoms with Crippen molar-refractivity contribution in [3.8, 4) is 34.1 Å². The van der Waals surface area contributed by atoms with Crippen LogP contribution in [0, 0.1) is 20.8 Å². The lowest BCUT2D eigenvalue weighted by Gasteiger charge is -2.13. The van der Waals surface area contributed by atoms with Crippen LogP contribution < -0.4 is 4.74 Å². The molecule has 0 fully saturated rings. The highest BCUT2D eigenvalue weighted by Crippen LogP contribution is 2.37. The maximum absolute atomic E-state index is 6.72. The first-order valence-corrected chi connectivity index (χ1v) is 17.4. The molecule has 3 aromatic heterocycles. The third kappa shape index (κ3) is 6.13. The Bertz CT molecular complexity index is 2220. The highest BCUT2D eigenvalue weighted by Gasteiger charge is 2.18. The lowest BCUT2D eigenvalue weighted by Crippen LogP contribution is -2.01. The van der Waals surface area contributed by atoms with E-state index in [-0.39, 0.29) is 0 Å². The van der Waals surface area contributed by atoms with Crippen molar-refractivity contribution in [1.82, 2.24) is 19.3 Å². The van der Waals surface area contributed by atoms with Gasteiger partial charge in [-0.1, -0.05) is 69.5 Å². The summed E-state index contributed by atoms with van der Waals surface area (Å²) < 4.78 is 11.1. The number of aryl methyl sites for hydroxylation is 4. The van der Waals surface area contributed by atoms with Crippen molar-refractivity contribution in [2.24, 2.45) is 0 Å². The van der Waals surface area contributed by atoms with Crippen LogP contribution in [0.3, 0.4) is 0 Å². The summed E-state index contributed by atoms with van der Waals surface area (Å²) in [6, 6.07) is 34.6. The molecule has 0 atom stereocenters. The van der Waals surface area contributed by atoms with Crippen LogP contribution in [0.15, 0.2) is 103 Å². The molecule has 0 saturated heterocycles. The molecule has 0 saturated carbocycles. The third-order valence-electron chi connectivity index (χ3n) is 9.33. The van der Waals surface area contributed by atoms with E-state index >= 15 is 0 Å². The van der Waals surface area contributed by atoms with Gasteiger partial charge in [0.2, 0.25) is 0 Å². The minimum absolute atomic E-state index is 0.792. The van der Waals surface area contributed by atoms with E-state index in [0.717, 1.165) is 64.7 Å². The van der Waals surface area contributed by atoms with Crippen molar-refractivity contribution < 1.29 is 4.74 Å². The first-order valence-electron chi connectivity index (χ1n) is 17.4. The topological polar surface area (TPSA) is 44.9 Å². The fourth-order valence-electron chi connectivity index (χ4n) is 7.05. The normalized spacial score (nSPS) is 11.5. The third-order valence-corrected chi connectivity index (χ3v) is 9.33. The van der Waals surface area contributed by atoms with Crippen molar-refractivity contribution in [3.05, 3.63) is 131 Å². The molecule has 0 N–H and O–H groups in total. The van der Waals surface area contributed by atoms with Gasteiger partial charge >= 0.3 is 0 Å². The zero-order chi connectivity index (χ0) is 33.2. The van der Waals surface area contributed by atoms with Crippen LogP contribution in [0.25, 0.3) is 44.4 Å². The number of fused-ring (bicyclic) bond motifs is 3. The van der Waals surface area contributed by atoms with Crippen molar-refractivity contribution in [2.45, 2.75) is 73.1 Å². The summed E-state index contributed by atoms with van der Waals surface area (Å²) in [5.41, 5.74) is 11.5. The van der Waals surface area contributed by atoms with E-state index in [1.165, 1.54) is 57.9 Å². The second-order valence-electron chi connectivity index (χ2n) is 13.0. The van der Waals surface area contributed by atoms with Crippen molar-refractivity contribution >= 4 is 21.8 Å². The van der Waals surface area contributed by atoms with E-state index in [2.05, 4.69) is 135 Å². The van der Waals surface area contributed by atoms with Gasteiger partial charge in [0.05, 0.1) is 22.4 Å². The standard InChI is InChI=1S/C43H44N4O/c1-6-8-10-14-32-17-20-40-39(26-32)38-19-18-36(28-41(38)46(40)42-23-29(3)21-22-44-42)48-37-25-33(13-7-2)24-35(27-37)47-31(5)43(30(4)45-47)34-15-11-9-12-16-34/h9,11-12,15-28H,6-8,10,13-14H2,1-5H3. The molecule has 0 aliphatic heterocycles. The quantitative estimate of drug-likeness (QED) is 0.133. The Kier molecular flexibility index (Phi) is 8.86. The summed E-state index contributed by atoms with van der Waals surface area (Å²) in [7, 11) is 0. The van der Waals surface area contributed by atoms with Crippen LogP contribution in [0.2, 0.25) is 0 Å². The molecule has 0 unspecified atom stereocenters. The molecule has 7 aromatic rings. The van der Waals surface area contributed by atoms with E-state index < -0.39 is 0 Å². The van der Waals surface area contributed by atoms with E-state index in [4.69, 9.17) is 14.8 Å². The molecule has 0 aliphatic carbocycles. The van der Waals surface area contributed by atoms with Crippen molar-refractivity contribution in [1.29, 1.82) is 0 Å². The van der Waals surface area contributed by atoms with Crippen LogP contribution in [-0.2, 0) is 12.8 Å². The summed E-state index contributed by atoms with van der Waals surface area (Å²) in [5, 5.41) is 7.46. The van der Waals surface area contributed by atoms with Gasteiger partial charge in [-0.3, -0.25) is 4.57 Å². The Morgan fingerprint density at radius 3 is 2.31 bits per heavy atom. The highest BCUT2D eigenvalue weighted by molar-refractivity contribution is 6.09. The van der Waals surface area contributed by atoms with Crippen LogP contribution in [-0.4, -0.2) is 19.3 Å². The Balaban J connectivity index is 1.31. The van der Waals surface area contributed by atoms with Crippen molar-refractivity contribution in [2.75, 3.05) is 0 Å². The van der Waals surface area contributed by atoms with Gasteiger partial charge in [0, 0.05) is 40.4 Å². The number of hydrogen-bond acceptors (Lipinski definition) is 3. The van der Waals surface area contributed by atoms with Gasteiger partial charge in [0.15, 0.2) is 0 Å². The molecule has 3 heterocycles. The van der Waals surface area contributed by atoms with Gasteiger partial charge in [0.25, 0.3) is 0 Å². The average Bonchev–Trinajstić information content (AvgIpc) is 3.57. The first-order chi connectivity index (χ1) is 23.4. The number of nitrogens with zero attached hydrogens (tertiary/aromatic N) is 4. The Morgan fingerprint density at radius 1 is 0.667 bits per heavy atom. The van der Waals surface area contributed by atoms with Gasteiger partial charge in [-0.15, -0.1) is 0 Å². The lowest BCUT2D eigenvalue weighted by molar-refractivity contribution is 0.482. The lowest BCUT2D eigenvalue weighted by atomic mass is 10.0. The Hall–Kier alpha value is -5.16. The Morgan fingerprint density at radius 2 is 1.52 bits per heavy atom. The first kappa shape index (κ1) is 31.4. The number of pyridine rings is 1. The molecule has 0 spiro atoms. The predicted octanol–water partition coefficient (Wildman–Crippen LogP) is 11.4. The second-order valence-corrected chi connectivity index (χ2v) is 13.0. The van der Waals surface area contributed by atoms with Gasteiger partial charge < -0.3 is 4.74 Å². The summed E-state index contributed by atoms with van der Waals surface area (Å²) in [6.45, 7) is 10.8. The fourth-order valence-corrected chi connectivity index (χ4v) is 7.05. The van der Waals surface area contributed by atoms with Gasteiger partial charge in [-0.25, -0.2) is 9.67 Å². The van der Waals surface area contributed by atoms with E-state index in [0.29, 0.717) is 0 Å². The summed E-state index contributed by atoms with van der Waals surface area (Å²) in [5.74, 6) is 2.51. The molecule has 5 nitrogen and oxygen atoms in total. The van der Waals surface area contributed by atoms with E-state index in [1.54, 1.807) is 0 Å². The summed E-state index contributed by atoms with van der Waals surface area (Å²) in [6.07, 6.45) is 8.68. The molecule has 0 bridgehead atoms. The summed E-state index contributed by atoms with van der Waals surface area (Å²) >= 11 is 0. The number of benzene rings is 4. The number of unbranched alkanes of at least 4 members (excludes halogenated alkanes) is 2. The Labute approximate surface area is 283 Å². The zero-order valence-corrected chi connectivity index (χ0v) is 28.8. The monoisotopic (exact) mass is 632 g/mol. The molecule has 5 heteroatoms. The van der Waals surface area contributed by atoms with Crippen LogP contribution in [0.1, 0.15) is 67.6 Å². The zero-order valence-electron chi connectivity index (χ0n) is 28.8. The minimum atomic E-state index is 0.792. The van der Waals surface area contributed by atoms with Gasteiger partial charge in [-0.2, -0.15) is 5.10 Å². The molecule has 48 heavy (non-hydrogen) atoms. The molecule has 242 valence electrons. The maximum atomic E-state index is 6.72. The van der Waals surface area contributed by atoms with E-state index in [9.17, 15) is 0 Å². The van der Waals surface area contributed by atoms with Crippen LogP contribution >= 0.6 is 0 Å². The SMILES string of the molecule is CCCCCc1ccc2c(c1)c1ccc(Oc3cc(CCC)cc(-n4nc(C)c(-c5ccccc5)c4C)c3)cc1n2-c1cc(C)ccn1. The van der Waals surface area contributed by atoms with E-state index in [1.807, 2.05) is 12.3 Å². The molecule has 0 aliphatic rings. The molecule has 7 rings (SSSR count). The fraction of sp³-hybridized carbons (Fsp3) is 0.256. The molecular formula is C43H44N4O. The van der Waals surface area contributed by atoms with Crippen LogP contribution in [0.4, 0.5) is 0 Å². The molecule has 0 radical (unpaired) electrons. The minimum Gasteiger partial charge on any atom is -0.457 e. The molecular weight excluding hydrogens is 589 g/mol. The average molecular weight is 633 g/mol. The predicted molar refractivity (Wildman–Crippen MR) is 199 cm³/mol. The van der Waals surface area contributed by atoms with Crippen molar-refractivity contribution in [3.63, 3.8) is 0 Å². The highest BCUT2D eigenvalue weighted by atomic mass is 16.5.